The minimum Gasteiger partial charge on any atom is -0.355 e. The lowest BCUT2D eigenvalue weighted by molar-refractivity contribution is 0.0926. The molecule has 1 fully saturated rings. The van der Waals surface area contributed by atoms with E-state index in [1.807, 2.05) is 0 Å². The van der Waals surface area contributed by atoms with E-state index in [1.165, 1.54) is 0 Å². The predicted molar refractivity (Wildman–Crippen MR) is 84.8 cm³/mol. The van der Waals surface area contributed by atoms with Gasteiger partial charge < -0.3 is 16.4 Å². The summed E-state index contributed by atoms with van der Waals surface area (Å²) in [4.78, 5) is 23.7. The molecule has 0 unspecified atom stereocenters. The first kappa shape index (κ1) is 17.5. The van der Waals surface area contributed by atoms with Gasteiger partial charge in [-0.25, -0.2) is 0 Å². The van der Waals surface area contributed by atoms with Crippen LogP contribution in [-0.2, 0) is 0 Å². The van der Waals surface area contributed by atoms with Gasteiger partial charge in [0.1, 0.15) is 0 Å². The fourth-order valence-corrected chi connectivity index (χ4v) is 2.48. The summed E-state index contributed by atoms with van der Waals surface area (Å²) in [6.45, 7) is 0. The summed E-state index contributed by atoms with van der Waals surface area (Å²) >= 11 is 0. The summed E-state index contributed by atoms with van der Waals surface area (Å²) in [5.74, 6) is -0.320. The van der Waals surface area contributed by atoms with Crippen molar-refractivity contribution in [2.45, 2.75) is 37.8 Å². The Labute approximate surface area is 131 Å². The second kappa shape index (κ2) is 8.00. The van der Waals surface area contributed by atoms with Crippen molar-refractivity contribution in [3.63, 3.8) is 0 Å². The van der Waals surface area contributed by atoms with Gasteiger partial charge in [-0.2, -0.15) is 0 Å². The number of nitrogens with one attached hydrogen (secondary N) is 2. The van der Waals surface area contributed by atoms with Gasteiger partial charge in [0.25, 0.3) is 11.8 Å². The van der Waals surface area contributed by atoms with E-state index in [-0.39, 0.29) is 36.3 Å². The zero-order chi connectivity index (χ0) is 14.5. The lowest BCUT2D eigenvalue weighted by Crippen LogP contribution is -2.40. The Morgan fingerprint density at radius 2 is 1.67 bits per heavy atom. The van der Waals surface area contributed by atoms with Crippen molar-refractivity contribution in [2.75, 3.05) is 7.05 Å². The summed E-state index contributed by atoms with van der Waals surface area (Å²) in [7, 11) is 1.57. The Balaban J connectivity index is 0.00000220. The van der Waals surface area contributed by atoms with Crippen LogP contribution in [-0.4, -0.2) is 30.9 Å². The molecular formula is C15H22ClN3O2. The Hall–Kier alpha value is -1.59. The van der Waals surface area contributed by atoms with Crippen LogP contribution in [0.25, 0.3) is 0 Å². The number of hydrogen-bond acceptors (Lipinski definition) is 3. The molecule has 0 saturated heterocycles. The Morgan fingerprint density at radius 3 is 2.24 bits per heavy atom. The Kier molecular flexibility index (Phi) is 6.65. The van der Waals surface area contributed by atoms with Crippen LogP contribution in [0, 0.1) is 0 Å². The normalized spacial score (nSPS) is 21.0. The second-order valence-corrected chi connectivity index (χ2v) is 5.25. The quantitative estimate of drug-likeness (QED) is 0.790. The molecule has 21 heavy (non-hydrogen) atoms. The number of benzene rings is 1. The summed E-state index contributed by atoms with van der Waals surface area (Å²) in [5, 5.41) is 5.56. The van der Waals surface area contributed by atoms with Crippen molar-refractivity contribution in [3.05, 3.63) is 35.4 Å². The van der Waals surface area contributed by atoms with E-state index >= 15 is 0 Å². The molecule has 0 bridgehead atoms. The topological polar surface area (TPSA) is 84.2 Å². The molecule has 2 amide bonds. The smallest absolute Gasteiger partial charge is 0.251 e. The van der Waals surface area contributed by atoms with Gasteiger partial charge >= 0.3 is 0 Å². The lowest BCUT2D eigenvalue weighted by atomic mass is 9.91. The molecule has 1 aromatic rings. The third-order valence-electron chi connectivity index (χ3n) is 3.72. The van der Waals surface area contributed by atoms with Gasteiger partial charge in [0.05, 0.1) is 0 Å². The van der Waals surface area contributed by atoms with Crippen molar-refractivity contribution in [1.82, 2.24) is 10.6 Å². The summed E-state index contributed by atoms with van der Waals surface area (Å²) < 4.78 is 0. The maximum absolute atomic E-state index is 12.2. The van der Waals surface area contributed by atoms with Gasteiger partial charge in [-0.15, -0.1) is 12.4 Å². The number of nitrogens with two attached hydrogens (primary N) is 1. The van der Waals surface area contributed by atoms with E-state index in [0.29, 0.717) is 11.1 Å². The highest BCUT2D eigenvalue weighted by molar-refractivity contribution is 5.99. The zero-order valence-corrected chi connectivity index (χ0v) is 12.9. The van der Waals surface area contributed by atoms with E-state index in [9.17, 15) is 9.59 Å². The van der Waals surface area contributed by atoms with E-state index in [1.54, 1.807) is 31.3 Å². The summed E-state index contributed by atoms with van der Waals surface area (Å²) in [6, 6.07) is 7.19. The number of carbonyl (C=O) groups excluding carboxylic acids is 2. The SMILES string of the molecule is CNC(=O)c1cccc(C(=O)NC2CCC(N)CC2)c1.Cl. The van der Waals surface area contributed by atoms with Crippen molar-refractivity contribution in [2.24, 2.45) is 5.73 Å². The minimum absolute atomic E-state index is 0. The maximum Gasteiger partial charge on any atom is 0.251 e. The highest BCUT2D eigenvalue weighted by Crippen LogP contribution is 2.17. The standard InChI is InChI=1S/C15H21N3O2.ClH/c1-17-14(19)10-3-2-4-11(9-10)15(20)18-13-7-5-12(16)6-8-13;/h2-4,9,12-13H,5-8,16H2,1H3,(H,17,19)(H,18,20);1H. The molecule has 5 nitrogen and oxygen atoms in total. The fourth-order valence-electron chi connectivity index (χ4n) is 2.48. The zero-order valence-electron chi connectivity index (χ0n) is 12.1. The average Bonchev–Trinajstić information content (AvgIpc) is 2.49. The van der Waals surface area contributed by atoms with Crippen LogP contribution < -0.4 is 16.4 Å². The largest absolute Gasteiger partial charge is 0.355 e. The van der Waals surface area contributed by atoms with Crippen molar-refractivity contribution in [3.8, 4) is 0 Å². The van der Waals surface area contributed by atoms with Crippen LogP contribution >= 0.6 is 12.4 Å². The molecule has 116 valence electrons. The Bertz CT molecular complexity index is 499. The molecule has 0 heterocycles. The molecule has 1 saturated carbocycles. The van der Waals surface area contributed by atoms with Crippen LogP contribution in [0.3, 0.4) is 0 Å². The summed E-state index contributed by atoms with van der Waals surface area (Å²) in [6.07, 6.45) is 3.73. The first-order chi connectivity index (χ1) is 9.60. The van der Waals surface area contributed by atoms with E-state index in [4.69, 9.17) is 5.73 Å². The molecule has 1 aliphatic rings. The molecule has 1 aliphatic carbocycles. The number of halogens is 1. The number of rotatable bonds is 3. The second-order valence-electron chi connectivity index (χ2n) is 5.25. The lowest BCUT2D eigenvalue weighted by Gasteiger charge is -2.26. The Morgan fingerprint density at radius 1 is 1.10 bits per heavy atom. The van der Waals surface area contributed by atoms with Crippen LogP contribution in [0.2, 0.25) is 0 Å². The molecule has 2 rings (SSSR count). The van der Waals surface area contributed by atoms with Gasteiger partial charge in [0, 0.05) is 30.3 Å². The van der Waals surface area contributed by atoms with Crippen LogP contribution in [0.4, 0.5) is 0 Å². The predicted octanol–water partition coefficient (Wildman–Crippen LogP) is 1.47. The fraction of sp³-hybridized carbons (Fsp3) is 0.467. The molecule has 1 aromatic carbocycles. The van der Waals surface area contributed by atoms with Crippen molar-refractivity contribution < 1.29 is 9.59 Å². The average molecular weight is 312 g/mol. The summed E-state index contributed by atoms with van der Waals surface area (Å²) in [5.41, 5.74) is 6.86. The molecule has 6 heteroatoms. The van der Waals surface area contributed by atoms with Crippen LogP contribution in [0.1, 0.15) is 46.4 Å². The molecule has 0 spiro atoms. The highest BCUT2D eigenvalue weighted by Gasteiger charge is 2.20. The maximum atomic E-state index is 12.2. The monoisotopic (exact) mass is 311 g/mol. The van der Waals surface area contributed by atoms with Gasteiger partial charge in [-0.05, 0) is 43.9 Å². The van der Waals surface area contributed by atoms with Gasteiger partial charge in [-0.3, -0.25) is 9.59 Å². The van der Waals surface area contributed by atoms with Gasteiger partial charge in [0.2, 0.25) is 0 Å². The third-order valence-corrected chi connectivity index (χ3v) is 3.72. The molecule has 0 atom stereocenters. The first-order valence-electron chi connectivity index (χ1n) is 6.98. The highest BCUT2D eigenvalue weighted by atomic mass is 35.5. The van der Waals surface area contributed by atoms with Gasteiger partial charge in [0.15, 0.2) is 0 Å². The minimum atomic E-state index is -0.191. The van der Waals surface area contributed by atoms with E-state index in [0.717, 1.165) is 25.7 Å². The van der Waals surface area contributed by atoms with Crippen molar-refractivity contribution in [1.29, 1.82) is 0 Å². The number of carbonyl (C=O) groups is 2. The molecule has 0 aliphatic heterocycles. The first-order valence-corrected chi connectivity index (χ1v) is 6.98. The number of hydrogen-bond donors (Lipinski definition) is 3. The van der Waals surface area contributed by atoms with Gasteiger partial charge in [-0.1, -0.05) is 6.07 Å². The third kappa shape index (κ3) is 4.72. The molecule has 4 N–H and O–H groups in total. The van der Waals surface area contributed by atoms with E-state index < -0.39 is 0 Å². The van der Waals surface area contributed by atoms with Crippen LogP contribution in [0.5, 0.6) is 0 Å². The number of amides is 2. The molecular weight excluding hydrogens is 290 g/mol. The molecule has 0 aromatic heterocycles. The van der Waals surface area contributed by atoms with Crippen molar-refractivity contribution >= 4 is 24.2 Å². The van der Waals surface area contributed by atoms with Crippen LogP contribution in [0.15, 0.2) is 24.3 Å². The molecule has 0 radical (unpaired) electrons. The van der Waals surface area contributed by atoms with E-state index in [2.05, 4.69) is 10.6 Å².